The van der Waals surface area contributed by atoms with Gasteiger partial charge in [-0.2, -0.15) is 13.2 Å². The number of rotatable bonds is 5. The van der Waals surface area contributed by atoms with Gasteiger partial charge in [-0.3, -0.25) is 4.79 Å². The van der Waals surface area contributed by atoms with Crippen LogP contribution in [-0.2, 0) is 6.18 Å². The Morgan fingerprint density at radius 3 is 2.47 bits per heavy atom. The fourth-order valence-corrected chi connectivity index (χ4v) is 3.25. The van der Waals surface area contributed by atoms with Gasteiger partial charge in [-0.05, 0) is 36.8 Å². The molecule has 2 aromatic carbocycles. The molecule has 4 rings (SSSR count). The van der Waals surface area contributed by atoms with E-state index in [4.69, 9.17) is 14.7 Å². The van der Waals surface area contributed by atoms with E-state index in [1.807, 2.05) is 37.3 Å². The summed E-state index contributed by atoms with van der Waals surface area (Å²) in [6, 6.07) is 16.7. The van der Waals surface area contributed by atoms with Crippen LogP contribution in [0.2, 0.25) is 0 Å². The number of hydrogen-bond acceptors (Lipinski definition) is 5. The molecule has 0 saturated carbocycles. The predicted molar refractivity (Wildman–Crippen MR) is 111 cm³/mol. The Morgan fingerprint density at radius 1 is 1.03 bits per heavy atom. The van der Waals surface area contributed by atoms with E-state index in [1.54, 1.807) is 0 Å². The van der Waals surface area contributed by atoms with Gasteiger partial charge in [0.1, 0.15) is 11.3 Å². The third kappa shape index (κ3) is 4.22. The van der Waals surface area contributed by atoms with E-state index >= 15 is 0 Å². The van der Waals surface area contributed by atoms with Crippen molar-refractivity contribution < 1.29 is 26.9 Å². The molecule has 0 aliphatic carbocycles. The number of aromatic nitrogens is 1. The summed E-state index contributed by atoms with van der Waals surface area (Å²) in [4.78, 5) is 12.9. The topological polar surface area (TPSA) is 94.3 Å². The summed E-state index contributed by atoms with van der Waals surface area (Å²) in [6.07, 6.45) is -4.48. The first kappa shape index (κ1) is 21.2. The highest BCUT2D eigenvalue weighted by molar-refractivity contribution is 6.03. The summed E-state index contributed by atoms with van der Waals surface area (Å²) in [5.41, 5.74) is 6.18. The number of carbonyl (C=O) groups is 1. The summed E-state index contributed by atoms with van der Waals surface area (Å²) in [5.74, 6) is -0.408. The Hall–Kier alpha value is -4.01. The lowest BCUT2D eigenvalue weighted by molar-refractivity contribution is -0.137. The summed E-state index contributed by atoms with van der Waals surface area (Å²) in [5, 5.41) is 6.64. The van der Waals surface area contributed by atoms with E-state index in [0.717, 1.165) is 17.7 Å². The van der Waals surface area contributed by atoms with Gasteiger partial charge in [0.2, 0.25) is 5.88 Å². The molecule has 9 heteroatoms. The molecule has 2 aromatic heterocycles. The average Bonchev–Trinajstić information content (AvgIpc) is 3.40. The van der Waals surface area contributed by atoms with Crippen molar-refractivity contribution in [1.29, 1.82) is 0 Å². The van der Waals surface area contributed by atoms with Crippen LogP contribution in [0.1, 0.15) is 34.5 Å². The van der Waals surface area contributed by atoms with Crippen molar-refractivity contribution in [2.75, 3.05) is 5.73 Å². The first-order chi connectivity index (χ1) is 15.2. The molecule has 0 aliphatic heterocycles. The number of benzene rings is 2. The molecule has 0 spiro atoms. The number of furan rings is 1. The predicted octanol–water partition coefficient (Wildman–Crippen LogP) is 5.69. The standard InChI is InChI=1S/C23H18F3N3O3/c1-13(14-6-3-2-4-7-14)28-22(30)19-20(29-32-21(19)27)18-11-10-17(31-18)15-8-5-9-16(12-15)23(24,25)26/h2-13H,27H2,1H3,(H,28,30). The number of nitrogens with one attached hydrogen (secondary N) is 1. The number of carbonyl (C=O) groups excluding carboxylic acids is 1. The number of alkyl halides is 3. The van der Waals surface area contributed by atoms with Crippen LogP contribution < -0.4 is 11.1 Å². The molecule has 0 aliphatic rings. The normalized spacial score (nSPS) is 12.5. The highest BCUT2D eigenvalue weighted by Crippen LogP contribution is 2.35. The second kappa shape index (κ2) is 8.26. The second-order valence-corrected chi connectivity index (χ2v) is 7.12. The lowest BCUT2D eigenvalue weighted by Gasteiger charge is -2.14. The molecular weight excluding hydrogens is 423 g/mol. The second-order valence-electron chi connectivity index (χ2n) is 7.12. The molecule has 164 valence electrons. The first-order valence-corrected chi connectivity index (χ1v) is 9.63. The number of nitrogens with two attached hydrogens (primary N) is 1. The van der Waals surface area contributed by atoms with Crippen molar-refractivity contribution >= 4 is 11.8 Å². The molecule has 1 unspecified atom stereocenters. The zero-order chi connectivity index (χ0) is 22.9. The minimum atomic E-state index is -4.48. The van der Waals surface area contributed by atoms with E-state index in [1.165, 1.54) is 24.3 Å². The van der Waals surface area contributed by atoms with Gasteiger partial charge >= 0.3 is 6.18 Å². The van der Waals surface area contributed by atoms with Crippen molar-refractivity contribution in [3.63, 3.8) is 0 Å². The van der Waals surface area contributed by atoms with Gasteiger partial charge in [0.15, 0.2) is 11.5 Å². The molecule has 1 atom stereocenters. The van der Waals surface area contributed by atoms with Gasteiger partial charge in [0.25, 0.3) is 5.91 Å². The summed E-state index contributed by atoms with van der Waals surface area (Å²) in [7, 11) is 0. The Morgan fingerprint density at radius 2 is 1.75 bits per heavy atom. The van der Waals surface area contributed by atoms with Gasteiger partial charge < -0.3 is 20.0 Å². The SMILES string of the molecule is CC(NC(=O)c1c(-c2ccc(-c3cccc(C(F)(F)F)c3)o2)noc1N)c1ccccc1. The van der Waals surface area contributed by atoms with Gasteiger partial charge in [-0.15, -0.1) is 0 Å². The number of anilines is 1. The molecule has 2 heterocycles. The monoisotopic (exact) mass is 441 g/mol. The third-order valence-corrected chi connectivity index (χ3v) is 4.91. The van der Waals surface area contributed by atoms with Crippen LogP contribution in [0, 0.1) is 0 Å². The Balaban J connectivity index is 1.62. The minimum Gasteiger partial charge on any atom is -0.454 e. The van der Waals surface area contributed by atoms with Gasteiger partial charge in [-0.25, -0.2) is 0 Å². The van der Waals surface area contributed by atoms with Crippen LogP contribution in [0.25, 0.3) is 22.8 Å². The van der Waals surface area contributed by atoms with E-state index in [-0.39, 0.29) is 40.3 Å². The summed E-state index contributed by atoms with van der Waals surface area (Å²) < 4.78 is 49.7. The van der Waals surface area contributed by atoms with Crippen molar-refractivity contribution in [2.45, 2.75) is 19.1 Å². The molecule has 1 amide bonds. The molecule has 3 N–H and O–H groups in total. The largest absolute Gasteiger partial charge is 0.454 e. The lowest BCUT2D eigenvalue weighted by Crippen LogP contribution is -2.27. The maximum Gasteiger partial charge on any atom is 0.416 e. The van der Waals surface area contributed by atoms with Crippen LogP contribution in [0.5, 0.6) is 0 Å². The maximum atomic E-state index is 13.0. The van der Waals surface area contributed by atoms with Crippen molar-refractivity contribution in [1.82, 2.24) is 10.5 Å². The Bertz CT molecular complexity index is 1250. The number of hydrogen-bond donors (Lipinski definition) is 2. The quantitative estimate of drug-likeness (QED) is 0.415. The van der Waals surface area contributed by atoms with Crippen molar-refractivity contribution in [3.05, 3.63) is 83.4 Å². The van der Waals surface area contributed by atoms with E-state index in [9.17, 15) is 18.0 Å². The summed E-state index contributed by atoms with van der Waals surface area (Å²) in [6.45, 7) is 1.81. The zero-order valence-electron chi connectivity index (χ0n) is 16.8. The molecule has 4 aromatic rings. The number of nitrogen functional groups attached to an aromatic ring is 1. The number of nitrogens with zero attached hydrogens (tertiary/aromatic N) is 1. The highest BCUT2D eigenvalue weighted by Gasteiger charge is 2.31. The number of halogens is 3. The van der Waals surface area contributed by atoms with Gasteiger partial charge in [0.05, 0.1) is 11.6 Å². The number of amides is 1. The fraction of sp³-hybridized carbons (Fsp3) is 0.130. The molecule has 6 nitrogen and oxygen atoms in total. The highest BCUT2D eigenvalue weighted by atomic mass is 19.4. The fourth-order valence-electron chi connectivity index (χ4n) is 3.25. The van der Waals surface area contributed by atoms with Gasteiger partial charge in [-0.1, -0.05) is 47.6 Å². The Labute approximate surface area is 180 Å². The van der Waals surface area contributed by atoms with Crippen LogP contribution >= 0.6 is 0 Å². The Kier molecular flexibility index (Phi) is 5.48. The van der Waals surface area contributed by atoms with E-state index in [0.29, 0.717) is 0 Å². The lowest BCUT2D eigenvalue weighted by atomic mass is 10.1. The van der Waals surface area contributed by atoms with E-state index < -0.39 is 17.6 Å². The first-order valence-electron chi connectivity index (χ1n) is 9.63. The molecule has 32 heavy (non-hydrogen) atoms. The molecule has 0 saturated heterocycles. The third-order valence-electron chi connectivity index (χ3n) is 4.91. The molecule has 0 bridgehead atoms. The van der Waals surface area contributed by atoms with Gasteiger partial charge in [0, 0.05) is 5.56 Å². The molecular formula is C23H18F3N3O3. The van der Waals surface area contributed by atoms with Crippen LogP contribution in [0.3, 0.4) is 0 Å². The van der Waals surface area contributed by atoms with E-state index in [2.05, 4.69) is 10.5 Å². The van der Waals surface area contributed by atoms with Crippen LogP contribution in [0.15, 0.2) is 75.7 Å². The van der Waals surface area contributed by atoms with Crippen LogP contribution in [-0.4, -0.2) is 11.1 Å². The zero-order valence-corrected chi connectivity index (χ0v) is 16.8. The summed E-state index contributed by atoms with van der Waals surface area (Å²) >= 11 is 0. The smallest absolute Gasteiger partial charge is 0.416 e. The minimum absolute atomic E-state index is 0.0160. The van der Waals surface area contributed by atoms with Crippen molar-refractivity contribution in [3.8, 4) is 22.8 Å². The van der Waals surface area contributed by atoms with Crippen LogP contribution in [0.4, 0.5) is 19.1 Å². The average molecular weight is 441 g/mol. The van der Waals surface area contributed by atoms with Crippen molar-refractivity contribution in [2.24, 2.45) is 0 Å². The molecule has 0 radical (unpaired) electrons. The molecule has 0 fully saturated rings. The maximum absolute atomic E-state index is 13.0.